The van der Waals surface area contributed by atoms with Crippen LogP contribution in [0.25, 0.3) is 59.9 Å². The van der Waals surface area contributed by atoms with Gasteiger partial charge in [-0.1, -0.05) is 110 Å². The summed E-state index contributed by atoms with van der Waals surface area (Å²) in [6, 6.07) is 46.6. The van der Waals surface area contributed by atoms with Crippen molar-refractivity contribution in [3.05, 3.63) is 156 Å². The van der Waals surface area contributed by atoms with Gasteiger partial charge < -0.3 is 0 Å². The normalized spacial score (nSPS) is 12.3. The topological polar surface area (TPSA) is 34.9 Å². The van der Waals surface area contributed by atoms with Gasteiger partial charge in [-0.25, -0.2) is 4.98 Å². The SMILES string of the molecule is CCc1nc2cccc3c2n1-c1ccc(-c2ccc(-c4ccc(-c5ccccc5)s4)cc2)cc1C(C=O)=C3c1ccccc1. The maximum atomic E-state index is 13.1. The summed E-state index contributed by atoms with van der Waals surface area (Å²) >= 11 is 1.81. The van der Waals surface area contributed by atoms with Crippen LogP contribution in [0.1, 0.15) is 29.4 Å². The molecule has 2 aromatic heterocycles. The number of hydrogen-bond donors (Lipinski definition) is 0. The number of aromatic nitrogens is 2. The number of aldehydes is 1. The smallest absolute Gasteiger partial charge is 0.151 e. The highest BCUT2D eigenvalue weighted by atomic mass is 32.1. The highest BCUT2D eigenvalue weighted by molar-refractivity contribution is 7.18. The number of fused-ring (bicyclic) bond motifs is 2. The van der Waals surface area contributed by atoms with E-state index in [1.54, 1.807) is 11.3 Å². The lowest BCUT2D eigenvalue weighted by Crippen LogP contribution is -2.03. The van der Waals surface area contributed by atoms with E-state index in [0.717, 1.165) is 68.6 Å². The van der Waals surface area contributed by atoms with Crippen LogP contribution in [0.3, 0.4) is 0 Å². The summed E-state index contributed by atoms with van der Waals surface area (Å²) in [5, 5.41) is 0. The summed E-state index contributed by atoms with van der Waals surface area (Å²) in [5.41, 5.74) is 12.2. The van der Waals surface area contributed by atoms with Crippen molar-refractivity contribution < 1.29 is 4.79 Å². The Morgan fingerprint density at radius 2 is 1.27 bits per heavy atom. The second-order valence-electron chi connectivity index (χ2n) is 11.0. The number of aryl methyl sites for hydroxylation is 1. The van der Waals surface area contributed by atoms with Crippen molar-refractivity contribution in [2.75, 3.05) is 0 Å². The van der Waals surface area contributed by atoms with Crippen LogP contribution in [0, 0.1) is 0 Å². The number of rotatable bonds is 6. The maximum absolute atomic E-state index is 13.1. The molecule has 5 aromatic carbocycles. The average Bonchev–Trinajstić information content (AvgIpc) is 3.71. The lowest BCUT2D eigenvalue weighted by atomic mass is 9.89. The Bertz CT molecular complexity index is 2200. The van der Waals surface area contributed by atoms with Crippen LogP contribution in [-0.2, 0) is 11.2 Å². The Morgan fingerprint density at radius 3 is 1.95 bits per heavy atom. The fourth-order valence-corrected chi connectivity index (χ4v) is 7.41. The summed E-state index contributed by atoms with van der Waals surface area (Å²) in [4.78, 5) is 20.6. The van der Waals surface area contributed by atoms with Crippen LogP contribution in [0.2, 0.25) is 0 Å². The molecule has 0 unspecified atom stereocenters. The summed E-state index contributed by atoms with van der Waals surface area (Å²) in [6.45, 7) is 2.13. The predicted octanol–water partition coefficient (Wildman–Crippen LogP) is 10.1. The minimum Gasteiger partial charge on any atom is -0.298 e. The van der Waals surface area contributed by atoms with Crippen LogP contribution < -0.4 is 0 Å². The Kier molecular flexibility index (Phi) is 6.43. The van der Waals surface area contributed by atoms with Crippen LogP contribution in [-0.4, -0.2) is 15.8 Å². The highest BCUT2D eigenvalue weighted by Crippen LogP contribution is 2.43. The number of hydrogen-bond acceptors (Lipinski definition) is 3. The van der Waals surface area contributed by atoms with Crippen molar-refractivity contribution in [1.29, 1.82) is 0 Å². The largest absolute Gasteiger partial charge is 0.298 e. The third kappa shape index (κ3) is 4.26. The molecule has 8 rings (SSSR count). The van der Waals surface area contributed by atoms with Crippen LogP contribution in [0.4, 0.5) is 0 Å². The zero-order chi connectivity index (χ0) is 29.6. The predicted molar refractivity (Wildman–Crippen MR) is 183 cm³/mol. The molecule has 44 heavy (non-hydrogen) atoms. The molecule has 1 aliphatic heterocycles. The fourth-order valence-electron chi connectivity index (χ4n) is 6.39. The van der Waals surface area contributed by atoms with E-state index in [0.29, 0.717) is 5.57 Å². The Morgan fingerprint density at radius 1 is 0.636 bits per heavy atom. The van der Waals surface area contributed by atoms with E-state index in [4.69, 9.17) is 4.98 Å². The van der Waals surface area contributed by atoms with Crippen molar-refractivity contribution in [1.82, 2.24) is 9.55 Å². The van der Waals surface area contributed by atoms with Crippen molar-refractivity contribution in [3.63, 3.8) is 0 Å². The first kappa shape index (κ1) is 26.3. The molecule has 0 fully saturated rings. The van der Waals surface area contributed by atoms with Gasteiger partial charge in [-0.05, 0) is 58.1 Å². The second kappa shape index (κ2) is 10.7. The van der Waals surface area contributed by atoms with E-state index in [1.807, 2.05) is 30.3 Å². The highest BCUT2D eigenvalue weighted by Gasteiger charge is 2.27. The standard InChI is InChI=1S/C40H28N2OS/c1-2-38-41-34-15-9-14-31-39(29-12-7-4-8-13-29)33(25-43)32-24-30(20-21-35(32)42(38)40(31)34)26-16-18-28(19-17-26)37-23-22-36(44-37)27-10-5-3-6-11-27/h3-25H,2H2,1H3. The second-order valence-corrected chi connectivity index (χ2v) is 12.1. The van der Waals surface area contributed by atoms with Gasteiger partial charge in [0.1, 0.15) is 5.82 Å². The third-order valence-corrected chi connectivity index (χ3v) is 9.66. The Balaban J connectivity index is 1.27. The number of nitrogens with zero attached hydrogens (tertiary/aromatic N) is 2. The van der Waals surface area contributed by atoms with Gasteiger partial charge in [0.05, 0.1) is 16.7 Å². The Hall–Kier alpha value is -5.32. The van der Waals surface area contributed by atoms with Gasteiger partial charge in [0.15, 0.2) is 6.29 Å². The van der Waals surface area contributed by atoms with E-state index in [9.17, 15) is 4.79 Å². The van der Waals surface area contributed by atoms with Crippen molar-refractivity contribution in [2.24, 2.45) is 0 Å². The molecule has 0 N–H and O–H groups in total. The maximum Gasteiger partial charge on any atom is 0.151 e. The Labute approximate surface area is 260 Å². The fraction of sp³-hybridized carbons (Fsp3) is 0.0500. The van der Waals surface area contributed by atoms with E-state index in [-0.39, 0.29) is 0 Å². The number of allylic oxidation sites excluding steroid dienone is 1. The first-order valence-electron chi connectivity index (χ1n) is 14.9. The molecule has 3 heterocycles. The number of carbonyl (C=O) groups is 1. The number of para-hydroxylation sites is 1. The molecule has 0 spiro atoms. The first-order valence-corrected chi connectivity index (χ1v) is 15.7. The average molecular weight is 585 g/mol. The van der Waals surface area contributed by atoms with Gasteiger partial charge in [-0.3, -0.25) is 9.36 Å². The molecule has 0 radical (unpaired) electrons. The molecule has 4 heteroatoms. The molecular weight excluding hydrogens is 557 g/mol. The monoisotopic (exact) mass is 584 g/mol. The van der Waals surface area contributed by atoms with Gasteiger partial charge in [0.25, 0.3) is 0 Å². The molecule has 0 saturated carbocycles. The summed E-state index contributed by atoms with van der Waals surface area (Å²) in [5.74, 6) is 0.983. The van der Waals surface area contributed by atoms with Gasteiger partial charge in [-0.15, -0.1) is 11.3 Å². The first-order chi connectivity index (χ1) is 21.7. The molecule has 0 atom stereocenters. The minimum absolute atomic E-state index is 0.690. The van der Waals surface area contributed by atoms with Crippen LogP contribution >= 0.6 is 11.3 Å². The zero-order valence-electron chi connectivity index (χ0n) is 24.2. The molecule has 210 valence electrons. The van der Waals surface area contributed by atoms with Crippen molar-refractivity contribution in [2.45, 2.75) is 13.3 Å². The van der Waals surface area contributed by atoms with Gasteiger partial charge in [0.2, 0.25) is 0 Å². The van der Waals surface area contributed by atoms with Gasteiger partial charge in [0, 0.05) is 38.4 Å². The van der Waals surface area contributed by atoms with E-state index >= 15 is 0 Å². The quantitative estimate of drug-likeness (QED) is 0.182. The summed E-state index contributed by atoms with van der Waals surface area (Å²) in [7, 11) is 0. The molecular formula is C40H28N2OS. The lowest BCUT2D eigenvalue weighted by Gasteiger charge is -2.15. The molecule has 3 nitrogen and oxygen atoms in total. The van der Waals surface area contributed by atoms with Crippen LogP contribution in [0.5, 0.6) is 0 Å². The van der Waals surface area contributed by atoms with E-state index in [2.05, 4.69) is 115 Å². The summed E-state index contributed by atoms with van der Waals surface area (Å²) in [6.07, 6.45) is 1.81. The van der Waals surface area contributed by atoms with Gasteiger partial charge >= 0.3 is 0 Å². The molecule has 0 amide bonds. The van der Waals surface area contributed by atoms with E-state index < -0.39 is 0 Å². The number of carbonyl (C=O) groups excluding carboxylic acids is 1. The molecule has 7 aromatic rings. The van der Waals surface area contributed by atoms with Crippen molar-refractivity contribution >= 4 is 39.8 Å². The number of thiophene rings is 1. The zero-order valence-corrected chi connectivity index (χ0v) is 25.0. The summed E-state index contributed by atoms with van der Waals surface area (Å²) < 4.78 is 2.26. The molecule has 0 bridgehead atoms. The number of benzene rings is 5. The minimum atomic E-state index is 0.690. The lowest BCUT2D eigenvalue weighted by molar-refractivity contribution is -0.103. The van der Waals surface area contributed by atoms with E-state index in [1.165, 1.54) is 20.9 Å². The van der Waals surface area contributed by atoms with Gasteiger partial charge in [-0.2, -0.15) is 0 Å². The molecule has 0 saturated heterocycles. The third-order valence-electron chi connectivity index (χ3n) is 8.48. The number of imidazole rings is 1. The van der Waals surface area contributed by atoms with Crippen LogP contribution in [0.15, 0.2) is 133 Å². The molecule has 1 aliphatic rings. The molecule has 0 aliphatic carbocycles. The van der Waals surface area contributed by atoms with Crippen molar-refractivity contribution in [3.8, 4) is 37.7 Å².